The number of aliphatic imine (C=N–C) groups is 1. The number of nitrogens with one attached hydrogen (secondary N) is 1. The topological polar surface area (TPSA) is 51.7 Å². The van der Waals surface area contributed by atoms with E-state index in [-0.39, 0.29) is 11.8 Å². The first-order valence-electron chi connectivity index (χ1n) is 10.5. The van der Waals surface area contributed by atoms with Gasteiger partial charge >= 0.3 is 0 Å². The molecule has 1 aromatic heterocycles. The summed E-state index contributed by atoms with van der Waals surface area (Å²) >= 11 is 1.78. The summed E-state index contributed by atoms with van der Waals surface area (Å²) in [5.41, 5.74) is 7.11. The van der Waals surface area contributed by atoms with E-state index in [0.29, 0.717) is 6.04 Å². The van der Waals surface area contributed by atoms with Crippen molar-refractivity contribution in [3.05, 3.63) is 41.6 Å². The van der Waals surface area contributed by atoms with E-state index in [1.165, 1.54) is 33.4 Å². The highest BCUT2D eigenvalue weighted by Gasteiger charge is 2.36. The molecule has 1 aromatic carbocycles. The molecule has 0 unspecified atom stereocenters. The van der Waals surface area contributed by atoms with Crippen molar-refractivity contribution in [3.8, 4) is 0 Å². The van der Waals surface area contributed by atoms with Crippen molar-refractivity contribution in [2.75, 3.05) is 39.0 Å². The molecule has 3 heterocycles. The molecular formula is C23H30N4OS. The minimum atomic E-state index is -0.0445. The predicted octanol–water partition coefficient (Wildman–Crippen LogP) is 3.67. The number of carbonyl (C=O) groups excluding carboxylic acids is 1. The predicted molar refractivity (Wildman–Crippen MR) is 124 cm³/mol. The molecule has 0 radical (unpaired) electrons. The van der Waals surface area contributed by atoms with E-state index >= 15 is 0 Å². The van der Waals surface area contributed by atoms with Gasteiger partial charge in [-0.15, -0.1) is 11.8 Å². The number of likely N-dealkylation sites (N-methyl/N-ethyl adjacent to an activating group) is 1. The van der Waals surface area contributed by atoms with Crippen LogP contribution >= 0.6 is 11.8 Å². The van der Waals surface area contributed by atoms with Crippen molar-refractivity contribution in [2.24, 2.45) is 10.9 Å². The van der Waals surface area contributed by atoms with E-state index in [4.69, 9.17) is 0 Å². The Morgan fingerprint density at radius 3 is 2.83 bits per heavy atom. The van der Waals surface area contributed by atoms with E-state index in [9.17, 15) is 4.79 Å². The van der Waals surface area contributed by atoms with Crippen molar-refractivity contribution in [3.63, 3.8) is 0 Å². The average molecular weight is 411 g/mol. The summed E-state index contributed by atoms with van der Waals surface area (Å²) < 4.78 is 0. The van der Waals surface area contributed by atoms with Crippen LogP contribution in [0.5, 0.6) is 0 Å². The van der Waals surface area contributed by atoms with Gasteiger partial charge in [-0.05, 0) is 50.1 Å². The number of carbonyl (C=O) groups is 1. The molecule has 5 nitrogen and oxygen atoms in total. The molecule has 154 valence electrons. The Hall–Kier alpha value is -2.05. The van der Waals surface area contributed by atoms with E-state index in [2.05, 4.69) is 66.2 Å². The second-order valence-corrected chi connectivity index (χ2v) is 8.78. The van der Waals surface area contributed by atoms with Crippen LogP contribution in [-0.2, 0) is 11.2 Å². The van der Waals surface area contributed by atoms with Gasteiger partial charge in [-0.25, -0.2) is 0 Å². The number of aromatic nitrogens is 1. The molecule has 2 aliphatic heterocycles. The highest BCUT2D eigenvalue weighted by Crippen LogP contribution is 2.40. The molecule has 1 aliphatic carbocycles. The van der Waals surface area contributed by atoms with Crippen molar-refractivity contribution >= 4 is 39.7 Å². The summed E-state index contributed by atoms with van der Waals surface area (Å²) in [6, 6.07) is 6.82. The first-order valence-corrected chi connectivity index (χ1v) is 11.6. The lowest BCUT2D eigenvalue weighted by molar-refractivity contribution is -0.134. The highest BCUT2D eigenvalue weighted by atomic mass is 32.2. The van der Waals surface area contributed by atoms with Gasteiger partial charge in [0.2, 0.25) is 5.91 Å². The third-order valence-electron chi connectivity index (χ3n) is 6.15. The van der Waals surface area contributed by atoms with Gasteiger partial charge in [0.05, 0.1) is 11.5 Å². The van der Waals surface area contributed by atoms with Crippen LogP contribution < -0.4 is 0 Å². The number of H-pyrrole nitrogens is 1. The van der Waals surface area contributed by atoms with Crippen LogP contribution in [0.25, 0.3) is 16.5 Å². The Kier molecular flexibility index (Phi) is 6.11. The van der Waals surface area contributed by atoms with Gasteiger partial charge in [0, 0.05) is 55.1 Å². The Morgan fingerprint density at radius 2 is 2.17 bits per heavy atom. The van der Waals surface area contributed by atoms with E-state index in [1.54, 1.807) is 11.8 Å². The molecular weight excluding hydrogens is 380 g/mol. The maximum absolute atomic E-state index is 12.9. The summed E-state index contributed by atoms with van der Waals surface area (Å²) in [7, 11) is 2.15. The molecule has 5 rings (SSSR count). The monoisotopic (exact) mass is 410 g/mol. The van der Waals surface area contributed by atoms with Gasteiger partial charge in [0.25, 0.3) is 0 Å². The van der Waals surface area contributed by atoms with Gasteiger partial charge in [0.1, 0.15) is 0 Å². The van der Waals surface area contributed by atoms with Crippen LogP contribution in [-0.4, -0.2) is 71.3 Å². The van der Waals surface area contributed by atoms with E-state index in [0.717, 1.165) is 32.6 Å². The Bertz CT molecular complexity index is 938. The third-order valence-corrected chi connectivity index (χ3v) is 6.86. The highest BCUT2D eigenvalue weighted by molar-refractivity contribution is 8.12. The average Bonchev–Trinajstić information content (AvgIpc) is 3.44. The van der Waals surface area contributed by atoms with Crippen LogP contribution in [0.2, 0.25) is 0 Å². The Morgan fingerprint density at radius 1 is 1.34 bits per heavy atom. The van der Waals surface area contributed by atoms with Crippen LogP contribution in [0.3, 0.4) is 0 Å². The smallest absolute Gasteiger partial charge is 0.230 e. The molecule has 29 heavy (non-hydrogen) atoms. The number of fused-ring (bicyclic) bond motifs is 2. The van der Waals surface area contributed by atoms with Crippen molar-refractivity contribution in [1.29, 1.82) is 0 Å². The number of hydrogen-bond donors (Lipinski definition) is 1. The number of rotatable bonds is 3. The summed E-state index contributed by atoms with van der Waals surface area (Å²) in [4.78, 5) is 24.5. The maximum Gasteiger partial charge on any atom is 0.230 e. The largest absolute Gasteiger partial charge is 0.361 e. The Balaban J connectivity index is 0.000000359. The second kappa shape index (κ2) is 8.76. The molecule has 2 atom stereocenters. The van der Waals surface area contributed by atoms with Crippen molar-refractivity contribution in [2.45, 2.75) is 26.3 Å². The fourth-order valence-corrected chi connectivity index (χ4v) is 5.17. The fraction of sp³-hybridized carbons (Fsp3) is 0.478. The maximum atomic E-state index is 12.9. The third kappa shape index (κ3) is 3.88. The van der Waals surface area contributed by atoms with Gasteiger partial charge in [-0.2, -0.15) is 0 Å². The van der Waals surface area contributed by atoms with Crippen LogP contribution in [0.15, 0.2) is 35.5 Å². The van der Waals surface area contributed by atoms with Gasteiger partial charge < -0.3 is 9.88 Å². The number of thioether (sulfide) groups is 1. The molecule has 1 amide bonds. The molecule has 0 saturated carbocycles. The SMILES string of the molecule is C1=NCCS1.CCN(CC)C(=O)[C@@H]1C=C2c3cccc4[nH]cc(c34)C[C@H]2N(C)C1. The number of hydrogen-bond acceptors (Lipinski definition) is 4. The number of aromatic amines is 1. The van der Waals surface area contributed by atoms with Gasteiger partial charge in [-0.3, -0.25) is 14.7 Å². The Labute approximate surface area is 177 Å². The number of amides is 1. The zero-order valence-corrected chi connectivity index (χ0v) is 18.3. The van der Waals surface area contributed by atoms with Crippen molar-refractivity contribution < 1.29 is 4.79 Å². The molecule has 1 N–H and O–H groups in total. The molecule has 2 aromatic rings. The van der Waals surface area contributed by atoms with Crippen LogP contribution in [0.1, 0.15) is 25.0 Å². The van der Waals surface area contributed by atoms with Gasteiger partial charge in [0.15, 0.2) is 0 Å². The van der Waals surface area contributed by atoms with Crippen molar-refractivity contribution in [1.82, 2.24) is 14.8 Å². The fourth-order valence-electron chi connectivity index (χ4n) is 4.64. The van der Waals surface area contributed by atoms with E-state index in [1.807, 2.05) is 10.4 Å². The lowest BCUT2D eigenvalue weighted by Gasteiger charge is -2.40. The number of benzene rings is 1. The molecule has 0 fully saturated rings. The number of nitrogens with zero attached hydrogens (tertiary/aromatic N) is 3. The zero-order valence-electron chi connectivity index (χ0n) is 17.5. The van der Waals surface area contributed by atoms with Crippen LogP contribution in [0.4, 0.5) is 0 Å². The lowest BCUT2D eigenvalue weighted by Crippen LogP contribution is -2.47. The summed E-state index contributed by atoms with van der Waals surface area (Å²) in [5, 5.41) is 1.34. The lowest BCUT2D eigenvalue weighted by atomic mass is 9.79. The molecule has 3 aliphatic rings. The molecule has 6 heteroatoms. The minimum Gasteiger partial charge on any atom is -0.361 e. The molecule has 0 saturated heterocycles. The molecule has 0 bridgehead atoms. The quantitative estimate of drug-likeness (QED) is 0.840. The van der Waals surface area contributed by atoms with Crippen LogP contribution in [0, 0.1) is 5.92 Å². The normalized spacial score (nSPS) is 22.7. The first kappa shape index (κ1) is 20.2. The summed E-state index contributed by atoms with van der Waals surface area (Å²) in [5.74, 6) is 1.40. The first-order chi connectivity index (χ1) is 14.1. The molecule has 0 spiro atoms. The van der Waals surface area contributed by atoms with Gasteiger partial charge in [-0.1, -0.05) is 18.2 Å². The van der Waals surface area contributed by atoms with E-state index < -0.39 is 0 Å². The summed E-state index contributed by atoms with van der Waals surface area (Å²) in [6.07, 6.45) is 5.41. The minimum absolute atomic E-state index is 0.0445. The summed E-state index contributed by atoms with van der Waals surface area (Å²) in [6.45, 7) is 7.50. The zero-order chi connectivity index (χ0) is 20.4. The standard InChI is InChI=1S/C20H25N3O.C3H5NS/c1-4-23(5-2)20(24)14-9-16-15-7-6-8-17-19(15)13(11-21-17)10-18(16)22(3)12-14;1-2-5-3-4-1/h6-9,11,14,18,21H,4-5,10,12H2,1-3H3;3H,1-2H2/t14-,18-;/m1./s1. The second-order valence-electron chi connectivity index (χ2n) is 7.82.